The zero-order valence-corrected chi connectivity index (χ0v) is 22.1. The lowest BCUT2D eigenvalue weighted by Crippen LogP contribution is -2.51. The first-order valence-corrected chi connectivity index (χ1v) is 12.9. The van der Waals surface area contributed by atoms with Crippen LogP contribution < -0.4 is 10.6 Å². The van der Waals surface area contributed by atoms with E-state index in [0.717, 1.165) is 9.80 Å². The van der Waals surface area contributed by atoms with E-state index in [1.807, 2.05) is 0 Å². The van der Waals surface area contributed by atoms with Crippen LogP contribution in [0, 0.1) is 0 Å². The van der Waals surface area contributed by atoms with Crippen molar-refractivity contribution in [3.63, 3.8) is 0 Å². The second-order valence-electron chi connectivity index (χ2n) is 10.1. The van der Waals surface area contributed by atoms with Gasteiger partial charge in [0.25, 0.3) is 11.8 Å². The summed E-state index contributed by atoms with van der Waals surface area (Å²) in [6, 6.07) is 2.71. The molecule has 4 atom stereocenters. The van der Waals surface area contributed by atoms with E-state index < -0.39 is 59.7 Å². The molecule has 4 amide bonds. The molecule has 2 aliphatic rings. The quantitative estimate of drug-likeness (QED) is 0.316. The summed E-state index contributed by atoms with van der Waals surface area (Å²) in [5.74, 6) is -4.54. The van der Waals surface area contributed by atoms with E-state index in [4.69, 9.17) is 0 Å². The number of likely N-dealkylation sites (tertiary alicyclic amines) is 2. The van der Waals surface area contributed by atoms with Crippen LogP contribution in [0.1, 0.15) is 46.7 Å². The van der Waals surface area contributed by atoms with Crippen LogP contribution in [0.15, 0.2) is 36.7 Å². The molecule has 14 heteroatoms. The van der Waals surface area contributed by atoms with Gasteiger partial charge in [0.2, 0.25) is 11.8 Å². The number of hydrogen-bond acceptors (Lipinski definition) is 6. The normalized spacial score (nSPS) is 22.2. The Morgan fingerprint density at radius 2 is 1.38 bits per heavy atom. The van der Waals surface area contributed by atoms with Crippen molar-refractivity contribution in [2.24, 2.45) is 14.1 Å². The number of carbonyl (C=O) groups is 6. The number of aromatic nitrogens is 2. The minimum absolute atomic E-state index is 0.0148. The minimum Gasteiger partial charge on any atom is -0.480 e. The highest BCUT2D eigenvalue weighted by Crippen LogP contribution is 2.23. The molecule has 0 spiro atoms. The van der Waals surface area contributed by atoms with Gasteiger partial charge < -0.3 is 39.8 Å². The second-order valence-corrected chi connectivity index (χ2v) is 10.1. The Balaban J connectivity index is 1.34. The third-order valence-electron chi connectivity index (χ3n) is 7.43. The Morgan fingerprint density at radius 1 is 0.825 bits per heavy atom. The Hall–Kier alpha value is -4.62. The molecule has 0 saturated carbocycles. The molecule has 2 saturated heterocycles. The van der Waals surface area contributed by atoms with E-state index in [1.165, 1.54) is 0 Å². The zero-order chi connectivity index (χ0) is 29.1. The first-order valence-electron chi connectivity index (χ1n) is 12.9. The Bertz CT molecular complexity index is 1320. The molecular formula is C26H32N6O8. The summed E-state index contributed by atoms with van der Waals surface area (Å²) in [5, 5.41) is 24.9. The number of aliphatic carboxylic acids is 2. The van der Waals surface area contributed by atoms with E-state index in [1.54, 1.807) is 59.9 Å². The molecule has 4 N–H and O–H groups in total. The van der Waals surface area contributed by atoms with Gasteiger partial charge in [0.15, 0.2) is 0 Å². The lowest BCUT2D eigenvalue weighted by Gasteiger charge is -2.26. The van der Waals surface area contributed by atoms with E-state index in [9.17, 15) is 39.0 Å². The van der Waals surface area contributed by atoms with Gasteiger partial charge in [-0.3, -0.25) is 19.2 Å². The van der Waals surface area contributed by atoms with Crippen LogP contribution in [-0.4, -0.2) is 102 Å². The van der Waals surface area contributed by atoms with Crippen molar-refractivity contribution < 1.29 is 39.0 Å². The molecular weight excluding hydrogens is 524 g/mol. The molecule has 40 heavy (non-hydrogen) atoms. The first-order chi connectivity index (χ1) is 19.0. The van der Waals surface area contributed by atoms with Gasteiger partial charge in [-0.25, -0.2) is 9.59 Å². The Labute approximate surface area is 229 Å². The van der Waals surface area contributed by atoms with Gasteiger partial charge >= 0.3 is 11.9 Å². The van der Waals surface area contributed by atoms with Crippen LogP contribution >= 0.6 is 0 Å². The predicted molar refractivity (Wildman–Crippen MR) is 138 cm³/mol. The van der Waals surface area contributed by atoms with Crippen LogP contribution in [-0.2, 0) is 33.3 Å². The highest BCUT2D eigenvalue weighted by atomic mass is 16.4. The molecule has 214 valence electrons. The largest absolute Gasteiger partial charge is 0.480 e. The Kier molecular flexibility index (Phi) is 8.26. The van der Waals surface area contributed by atoms with Crippen LogP contribution in [0.5, 0.6) is 0 Å². The number of hydrogen-bond donors (Lipinski definition) is 4. The van der Waals surface area contributed by atoms with Gasteiger partial charge in [0.05, 0.1) is 6.04 Å². The molecule has 4 rings (SSSR count). The molecule has 0 bridgehead atoms. The van der Waals surface area contributed by atoms with Crippen molar-refractivity contribution in [2.75, 3.05) is 13.1 Å². The topological polar surface area (TPSA) is 183 Å². The molecule has 0 aliphatic carbocycles. The van der Waals surface area contributed by atoms with Crippen molar-refractivity contribution >= 4 is 35.6 Å². The fourth-order valence-corrected chi connectivity index (χ4v) is 5.38. The van der Waals surface area contributed by atoms with Crippen molar-refractivity contribution in [3.05, 3.63) is 48.0 Å². The van der Waals surface area contributed by atoms with Gasteiger partial charge in [-0.1, -0.05) is 0 Å². The summed E-state index contributed by atoms with van der Waals surface area (Å²) in [7, 11) is 3.38. The third kappa shape index (κ3) is 5.84. The monoisotopic (exact) mass is 556 g/mol. The molecule has 2 aromatic heterocycles. The van der Waals surface area contributed by atoms with Crippen molar-refractivity contribution in [1.82, 2.24) is 29.6 Å². The van der Waals surface area contributed by atoms with Gasteiger partial charge in [0.1, 0.15) is 23.5 Å². The smallest absolute Gasteiger partial charge is 0.328 e. The van der Waals surface area contributed by atoms with Crippen molar-refractivity contribution in [2.45, 2.75) is 49.9 Å². The van der Waals surface area contributed by atoms with Crippen LogP contribution in [0.4, 0.5) is 0 Å². The molecule has 0 aromatic carbocycles. The highest BCUT2D eigenvalue weighted by Gasteiger charge is 2.44. The van der Waals surface area contributed by atoms with Gasteiger partial charge in [0, 0.05) is 64.9 Å². The number of nitrogens with zero attached hydrogens (tertiary/aromatic N) is 4. The number of amides is 4. The summed E-state index contributed by atoms with van der Waals surface area (Å²) in [5.41, 5.74) is 0.732. The maximum Gasteiger partial charge on any atom is 0.328 e. The van der Waals surface area contributed by atoms with Crippen molar-refractivity contribution in [3.8, 4) is 0 Å². The second kappa shape index (κ2) is 11.6. The molecule has 2 fully saturated rings. The predicted octanol–water partition coefficient (Wildman–Crippen LogP) is -0.588. The number of carboxylic acids is 2. The SMILES string of the molecule is Cn1cccc1C(=O)N[C@H]1C[C@@H](C(=O)O)N(C(=O)CCC(=O)N2CC[C@H](NC(=O)c3cccn3C)[C@H]2C(=O)O)C1. The van der Waals surface area contributed by atoms with Gasteiger partial charge in [-0.2, -0.15) is 0 Å². The molecule has 0 radical (unpaired) electrons. The first kappa shape index (κ1) is 28.4. The summed E-state index contributed by atoms with van der Waals surface area (Å²) < 4.78 is 3.21. The lowest BCUT2D eigenvalue weighted by atomic mass is 10.1. The van der Waals surface area contributed by atoms with Crippen LogP contribution in [0.25, 0.3) is 0 Å². The van der Waals surface area contributed by atoms with Crippen LogP contribution in [0.3, 0.4) is 0 Å². The fraction of sp³-hybridized carbons (Fsp3) is 0.462. The van der Waals surface area contributed by atoms with Crippen LogP contribution in [0.2, 0.25) is 0 Å². The van der Waals surface area contributed by atoms with E-state index in [-0.39, 0.29) is 38.8 Å². The zero-order valence-electron chi connectivity index (χ0n) is 22.1. The summed E-state index contributed by atoms with van der Waals surface area (Å²) in [6.07, 6.45) is 2.96. The molecule has 4 heterocycles. The highest BCUT2D eigenvalue weighted by molar-refractivity contribution is 5.95. The number of carbonyl (C=O) groups excluding carboxylic acids is 4. The van der Waals surface area contributed by atoms with Gasteiger partial charge in [-0.15, -0.1) is 0 Å². The average molecular weight is 557 g/mol. The summed E-state index contributed by atoms with van der Waals surface area (Å²) >= 11 is 0. The number of aryl methyl sites for hydroxylation is 2. The number of nitrogens with one attached hydrogen (secondary N) is 2. The average Bonchev–Trinajstić information content (AvgIpc) is 3.68. The number of carboxylic acid groups (broad SMARTS) is 2. The maximum atomic E-state index is 13.0. The third-order valence-corrected chi connectivity index (χ3v) is 7.43. The van der Waals surface area contributed by atoms with Crippen molar-refractivity contribution in [1.29, 1.82) is 0 Å². The molecule has 14 nitrogen and oxygen atoms in total. The lowest BCUT2D eigenvalue weighted by molar-refractivity contribution is -0.150. The van der Waals surface area contributed by atoms with Gasteiger partial charge in [-0.05, 0) is 30.7 Å². The minimum atomic E-state index is -1.30. The van der Waals surface area contributed by atoms with E-state index in [2.05, 4.69) is 10.6 Å². The summed E-state index contributed by atoms with van der Waals surface area (Å²) in [4.78, 5) is 77.2. The molecule has 0 unspecified atom stereocenters. The fourth-order valence-electron chi connectivity index (χ4n) is 5.38. The maximum absolute atomic E-state index is 13.0. The van der Waals surface area contributed by atoms with E-state index >= 15 is 0 Å². The Morgan fingerprint density at radius 3 is 1.88 bits per heavy atom. The summed E-state index contributed by atoms with van der Waals surface area (Å²) in [6.45, 7) is 0.0473. The standard InChI is InChI=1S/C26H32N6O8/c1-29-10-3-5-17(29)23(35)27-15-13-19(25(37)38)32(14-15)21(34)8-7-20(33)31-12-9-16(22(31)26(39)40)28-24(36)18-6-4-11-30(18)2/h3-6,10-11,15-16,19,22H,7-9,12-14H2,1-2H3,(H,27,35)(H,28,36)(H,37,38)(H,39,40)/t15-,16-,19-,22-/m0/s1. The van der Waals surface area contributed by atoms with E-state index in [0.29, 0.717) is 11.4 Å². The number of rotatable bonds is 9. The molecule has 2 aliphatic heterocycles. The molecule has 2 aromatic rings.